The zero-order valence-corrected chi connectivity index (χ0v) is 8.06. The largest absolute Gasteiger partial charge is 0.465 e. The molecule has 0 bridgehead atoms. The molecule has 80 valence electrons. The maximum Gasteiger partial charge on any atom is 0.414 e. The molecule has 1 heterocycles. The minimum Gasteiger partial charge on any atom is -0.465 e. The van der Waals surface area contributed by atoms with E-state index in [1.165, 1.54) is 0 Å². The van der Waals surface area contributed by atoms with Crippen LogP contribution in [-0.2, 0) is 4.79 Å². The molecule has 6 nitrogen and oxygen atoms in total. The Morgan fingerprint density at radius 3 is 2.64 bits per heavy atom. The first kappa shape index (κ1) is 10.9. The molecule has 1 aliphatic heterocycles. The van der Waals surface area contributed by atoms with Gasteiger partial charge in [-0.05, 0) is 19.9 Å². The van der Waals surface area contributed by atoms with E-state index in [2.05, 4.69) is 5.32 Å². The molecular weight excluding hydrogens is 186 g/mol. The van der Waals surface area contributed by atoms with Gasteiger partial charge < -0.3 is 16.2 Å². The molecule has 0 aromatic carbocycles. The van der Waals surface area contributed by atoms with E-state index in [-0.39, 0.29) is 18.6 Å². The van der Waals surface area contributed by atoms with E-state index in [4.69, 9.17) is 10.8 Å². The molecule has 0 spiro atoms. The van der Waals surface area contributed by atoms with Gasteiger partial charge in [-0.3, -0.25) is 4.79 Å². The standard InChI is InChI=1S/C8H15N3O3/c1-5-6(2-3-10-5)11(8(13)14)7(12)4-9/h5-6,10H,2-4,9H2,1H3,(H,13,14). The first-order valence-corrected chi connectivity index (χ1v) is 4.56. The van der Waals surface area contributed by atoms with Gasteiger partial charge >= 0.3 is 6.09 Å². The van der Waals surface area contributed by atoms with Crippen molar-refractivity contribution in [2.45, 2.75) is 25.4 Å². The number of carbonyl (C=O) groups is 2. The number of imide groups is 1. The number of carboxylic acid groups (broad SMARTS) is 1. The van der Waals surface area contributed by atoms with Crippen LogP contribution in [-0.4, -0.2) is 47.2 Å². The van der Waals surface area contributed by atoms with Crippen LogP contribution in [0.15, 0.2) is 0 Å². The highest BCUT2D eigenvalue weighted by Gasteiger charge is 2.35. The van der Waals surface area contributed by atoms with E-state index < -0.39 is 12.0 Å². The van der Waals surface area contributed by atoms with Gasteiger partial charge in [0.15, 0.2) is 0 Å². The number of nitrogens with two attached hydrogens (primary N) is 1. The average molecular weight is 201 g/mol. The van der Waals surface area contributed by atoms with Crippen molar-refractivity contribution in [3.8, 4) is 0 Å². The summed E-state index contributed by atoms with van der Waals surface area (Å²) in [5.74, 6) is -0.543. The maximum atomic E-state index is 11.3. The molecule has 1 fully saturated rings. The summed E-state index contributed by atoms with van der Waals surface area (Å²) in [5, 5.41) is 12.0. The topological polar surface area (TPSA) is 95.7 Å². The molecule has 1 saturated heterocycles. The average Bonchev–Trinajstić information content (AvgIpc) is 2.52. The number of amides is 2. The van der Waals surface area contributed by atoms with Gasteiger partial charge in [-0.2, -0.15) is 0 Å². The van der Waals surface area contributed by atoms with Gasteiger partial charge in [0.05, 0.1) is 12.6 Å². The van der Waals surface area contributed by atoms with Crippen LogP contribution in [0.5, 0.6) is 0 Å². The molecule has 0 aromatic heterocycles. The summed E-state index contributed by atoms with van der Waals surface area (Å²) >= 11 is 0. The minimum absolute atomic E-state index is 0.00148. The lowest BCUT2D eigenvalue weighted by atomic mass is 10.1. The second-order valence-electron chi connectivity index (χ2n) is 3.35. The second kappa shape index (κ2) is 4.39. The van der Waals surface area contributed by atoms with Crippen molar-refractivity contribution < 1.29 is 14.7 Å². The third-order valence-electron chi connectivity index (χ3n) is 2.46. The first-order chi connectivity index (χ1) is 6.57. The number of rotatable bonds is 2. The van der Waals surface area contributed by atoms with Crippen molar-refractivity contribution in [1.29, 1.82) is 0 Å². The molecule has 0 radical (unpaired) electrons. The second-order valence-corrected chi connectivity index (χ2v) is 3.35. The highest BCUT2D eigenvalue weighted by molar-refractivity contribution is 5.92. The minimum atomic E-state index is -1.22. The molecule has 0 aliphatic carbocycles. The fraction of sp³-hybridized carbons (Fsp3) is 0.750. The monoisotopic (exact) mass is 201 g/mol. The lowest BCUT2D eigenvalue weighted by Gasteiger charge is -2.26. The summed E-state index contributed by atoms with van der Waals surface area (Å²) in [5.41, 5.74) is 5.15. The predicted molar refractivity (Wildman–Crippen MR) is 49.8 cm³/mol. The molecule has 0 saturated carbocycles. The third-order valence-corrected chi connectivity index (χ3v) is 2.46. The van der Waals surface area contributed by atoms with Gasteiger partial charge in [0.25, 0.3) is 0 Å². The molecule has 1 rings (SSSR count). The van der Waals surface area contributed by atoms with Gasteiger partial charge in [-0.15, -0.1) is 0 Å². The summed E-state index contributed by atoms with van der Waals surface area (Å²) < 4.78 is 0. The van der Waals surface area contributed by atoms with Crippen LogP contribution in [0.1, 0.15) is 13.3 Å². The van der Waals surface area contributed by atoms with Gasteiger partial charge in [-0.25, -0.2) is 9.69 Å². The van der Waals surface area contributed by atoms with Gasteiger partial charge in [0.1, 0.15) is 0 Å². The van der Waals surface area contributed by atoms with Crippen LogP contribution in [0.2, 0.25) is 0 Å². The Morgan fingerprint density at radius 2 is 2.29 bits per heavy atom. The fourth-order valence-electron chi connectivity index (χ4n) is 1.73. The summed E-state index contributed by atoms with van der Waals surface area (Å²) in [6.45, 7) is 2.32. The predicted octanol–water partition coefficient (Wildman–Crippen LogP) is -0.798. The van der Waals surface area contributed by atoms with Crippen molar-refractivity contribution >= 4 is 12.0 Å². The fourth-order valence-corrected chi connectivity index (χ4v) is 1.73. The van der Waals surface area contributed by atoms with E-state index in [0.717, 1.165) is 11.4 Å². The maximum absolute atomic E-state index is 11.3. The normalized spacial score (nSPS) is 26.1. The smallest absolute Gasteiger partial charge is 0.414 e. The molecular formula is C8H15N3O3. The highest BCUT2D eigenvalue weighted by atomic mass is 16.4. The number of nitrogens with zero attached hydrogens (tertiary/aromatic N) is 1. The molecule has 2 unspecified atom stereocenters. The molecule has 2 amide bonds. The zero-order chi connectivity index (χ0) is 10.7. The van der Waals surface area contributed by atoms with Gasteiger partial charge in [0, 0.05) is 6.04 Å². The van der Waals surface area contributed by atoms with Crippen LogP contribution in [0.25, 0.3) is 0 Å². The number of hydrogen-bond acceptors (Lipinski definition) is 4. The number of hydrogen-bond donors (Lipinski definition) is 3. The van der Waals surface area contributed by atoms with Crippen molar-refractivity contribution in [2.24, 2.45) is 5.73 Å². The van der Waals surface area contributed by atoms with E-state index >= 15 is 0 Å². The van der Waals surface area contributed by atoms with Crippen molar-refractivity contribution in [2.75, 3.05) is 13.1 Å². The van der Waals surface area contributed by atoms with Crippen LogP contribution in [0, 0.1) is 0 Å². The molecule has 4 N–H and O–H groups in total. The van der Waals surface area contributed by atoms with Crippen molar-refractivity contribution in [3.63, 3.8) is 0 Å². The van der Waals surface area contributed by atoms with Gasteiger partial charge in [0.2, 0.25) is 5.91 Å². The van der Waals surface area contributed by atoms with Crippen LogP contribution < -0.4 is 11.1 Å². The Bertz CT molecular complexity index is 244. The van der Waals surface area contributed by atoms with E-state index in [9.17, 15) is 9.59 Å². The Hall–Kier alpha value is -1.14. The Kier molecular flexibility index (Phi) is 3.43. The highest BCUT2D eigenvalue weighted by Crippen LogP contribution is 2.14. The van der Waals surface area contributed by atoms with Crippen molar-refractivity contribution in [3.05, 3.63) is 0 Å². The lowest BCUT2D eigenvalue weighted by Crippen LogP contribution is -2.50. The zero-order valence-electron chi connectivity index (χ0n) is 8.06. The van der Waals surface area contributed by atoms with Crippen LogP contribution >= 0.6 is 0 Å². The summed E-state index contributed by atoms with van der Waals surface area (Å²) in [6.07, 6.45) is -0.569. The lowest BCUT2D eigenvalue weighted by molar-refractivity contribution is -0.129. The molecule has 14 heavy (non-hydrogen) atoms. The summed E-state index contributed by atoms with van der Waals surface area (Å²) in [7, 11) is 0. The first-order valence-electron chi connectivity index (χ1n) is 4.56. The Morgan fingerprint density at radius 1 is 1.64 bits per heavy atom. The number of nitrogens with one attached hydrogen (secondary N) is 1. The van der Waals surface area contributed by atoms with Crippen LogP contribution in [0.3, 0.4) is 0 Å². The van der Waals surface area contributed by atoms with Gasteiger partial charge in [-0.1, -0.05) is 0 Å². The van der Waals surface area contributed by atoms with Crippen molar-refractivity contribution in [1.82, 2.24) is 10.2 Å². The summed E-state index contributed by atoms with van der Waals surface area (Å²) in [4.78, 5) is 23.0. The van der Waals surface area contributed by atoms with E-state index in [1.807, 2.05) is 6.92 Å². The SMILES string of the molecule is CC1NCCC1N(C(=O)O)C(=O)CN. The number of carbonyl (C=O) groups excluding carboxylic acids is 1. The third kappa shape index (κ3) is 2.02. The van der Waals surface area contributed by atoms with E-state index in [1.54, 1.807) is 0 Å². The molecule has 0 aromatic rings. The Balaban J connectivity index is 2.76. The summed E-state index contributed by atoms with van der Waals surface area (Å²) in [6, 6.07) is -0.287. The Labute approximate surface area is 82.1 Å². The molecule has 1 aliphatic rings. The van der Waals surface area contributed by atoms with Crippen LogP contribution in [0.4, 0.5) is 4.79 Å². The molecule has 2 atom stereocenters. The quantitative estimate of drug-likeness (QED) is 0.543. The molecule has 6 heteroatoms. The van der Waals surface area contributed by atoms with E-state index in [0.29, 0.717) is 6.42 Å².